The number of nitrogens with zero attached hydrogens (tertiary/aromatic N) is 3. The minimum absolute atomic E-state index is 0.127. The molecule has 1 N–H and O–H groups in total. The number of pyridine rings is 2. The summed E-state index contributed by atoms with van der Waals surface area (Å²) in [5, 5.41) is 10.6. The van der Waals surface area contributed by atoms with Crippen LogP contribution in [-0.4, -0.2) is 39.0 Å². The van der Waals surface area contributed by atoms with Gasteiger partial charge in [-0.25, -0.2) is 0 Å². The monoisotopic (exact) mass is 341 g/mol. The zero-order chi connectivity index (χ0) is 16.9. The Kier molecular flexibility index (Phi) is 5.03. The highest BCUT2D eigenvalue weighted by molar-refractivity contribution is 6.32. The van der Waals surface area contributed by atoms with Crippen molar-refractivity contribution in [3.8, 4) is 0 Å². The molecule has 3 rings (SSSR count). The van der Waals surface area contributed by atoms with Crippen LogP contribution in [0.1, 0.15) is 15.9 Å². The number of carbonyl (C=O) groups is 1. The van der Waals surface area contributed by atoms with Crippen molar-refractivity contribution >= 4 is 28.4 Å². The number of fused-ring (bicyclic) bond motifs is 1. The van der Waals surface area contributed by atoms with Crippen molar-refractivity contribution in [2.75, 3.05) is 13.2 Å². The Bertz CT molecular complexity index is 855. The Balaban J connectivity index is 1.98. The summed E-state index contributed by atoms with van der Waals surface area (Å²) in [6.07, 6.45) is 5.02. The summed E-state index contributed by atoms with van der Waals surface area (Å²) in [7, 11) is 0. The van der Waals surface area contributed by atoms with Gasteiger partial charge in [0.15, 0.2) is 0 Å². The quantitative estimate of drug-likeness (QED) is 0.775. The van der Waals surface area contributed by atoms with Gasteiger partial charge < -0.3 is 10.0 Å². The average molecular weight is 342 g/mol. The van der Waals surface area contributed by atoms with Crippen molar-refractivity contribution in [2.45, 2.75) is 6.54 Å². The molecule has 3 aromatic rings. The Morgan fingerprint density at radius 1 is 1.21 bits per heavy atom. The Morgan fingerprint density at radius 3 is 2.79 bits per heavy atom. The summed E-state index contributed by atoms with van der Waals surface area (Å²) in [5.74, 6) is -0.223. The molecule has 0 radical (unpaired) electrons. The molecule has 0 aliphatic carbocycles. The van der Waals surface area contributed by atoms with Gasteiger partial charge in [0, 0.05) is 42.1 Å². The highest BCUT2D eigenvalue weighted by atomic mass is 35.5. The van der Waals surface area contributed by atoms with Gasteiger partial charge >= 0.3 is 0 Å². The van der Waals surface area contributed by atoms with Gasteiger partial charge in [-0.2, -0.15) is 0 Å². The number of rotatable bonds is 5. The van der Waals surface area contributed by atoms with Crippen LogP contribution in [0.15, 0.2) is 55.0 Å². The molecule has 0 fully saturated rings. The summed E-state index contributed by atoms with van der Waals surface area (Å²) >= 11 is 6.15. The van der Waals surface area contributed by atoms with Crippen LogP contribution in [0.25, 0.3) is 10.9 Å². The van der Waals surface area contributed by atoms with Crippen LogP contribution < -0.4 is 0 Å². The average Bonchev–Trinajstić information content (AvgIpc) is 2.61. The van der Waals surface area contributed by atoms with E-state index in [1.54, 1.807) is 41.7 Å². The van der Waals surface area contributed by atoms with Gasteiger partial charge in [-0.05, 0) is 29.8 Å². The van der Waals surface area contributed by atoms with Crippen molar-refractivity contribution in [1.82, 2.24) is 14.9 Å². The molecule has 0 bridgehead atoms. The van der Waals surface area contributed by atoms with Crippen LogP contribution in [0.5, 0.6) is 0 Å². The molecule has 2 heterocycles. The summed E-state index contributed by atoms with van der Waals surface area (Å²) < 4.78 is 0. The highest BCUT2D eigenvalue weighted by Crippen LogP contribution is 2.24. The van der Waals surface area contributed by atoms with E-state index in [4.69, 9.17) is 11.6 Å². The fraction of sp³-hybridized carbons (Fsp3) is 0.167. The molecule has 122 valence electrons. The third kappa shape index (κ3) is 3.53. The summed E-state index contributed by atoms with van der Waals surface area (Å²) in [6.45, 7) is 0.445. The zero-order valence-electron chi connectivity index (χ0n) is 12.9. The second kappa shape index (κ2) is 7.38. The maximum absolute atomic E-state index is 13.0. The number of aliphatic hydroxyl groups is 1. The molecular formula is C18H16ClN3O2. The molecule has 1 amide bonds. The maximum Gasteiger partial charge on any atom is 0.256 e. The minimum Gasteiger partial charge on any atom is -0.395 e. The van der Waals surface area contributed by atoms with Crippen LogP contribution in [0.2, 0.25) is 5.02 Å². The number of aliphatic hydroxyl groups excluding tert-OH is 1. The fourth-order valence-electron chi connectivity index (χ4n) is 2.57. The van der Waals surface area contributed by atoms with Gasteiger partial charge in [-0.3, -0.25) is 14.8 Å². The van der Waals surface area contributed by atoms with Crippen LogP contribution in [0, 0.1) is 0 Å². The molecule has 0 spiro atoms. The fourth-order valence-corrected chi connectivity index (χ4v) is 2.80. The standard InChI is InChI=1S/C18H16ClN3O2/c19-15-9-14-4-2-6-21-17(14)16(10-15)18(24)22(7-8-23)12-13-3-1-5-20-11-13/h1-6,9-11,23H,7-8,12H2. The first-order chi connectivity index (χ1) is 11.7. The predicted molar refractivity (Wildman–Crippen MR) is 92.8 cm³/mol. The van der Waals surface area contributed by atoms with Gasteiger partial charge in [-0.1, -0.05) is 23.7 Å². The largest absolute Gasteiger partial charge is 0.395 e. The van der Waals surface area contributed by atoms with E-state index < -0.39 is 0 Å². The molecule has 0 aliphatic heterocycles. The smallest absolute Gasteiger partial charge is 0.256 e. The molecule has 24 heavy (non-hydrogen) atoms. The van der Waals surface area contributed by atoms with Crippen molar-refractivity contribution in [1.29, 1.82) is 0 Å². The molecule has 0 saturated carbocycles. The van der Waals surface area contributed by atoms with Crippen molar-refractivity contribution in [2.24, 2.45) is 0 Å². The summed E-state index contributed by atoms with van der Waals surface area (Å²) in [6, 6.07) is 10.8. The molecule has 6 heteroatoms. The number of carbonyl (C=O) groups excluding carboxylic acids is 1. The molecule has 0 atom stereocenters. The number of hydrogen-bond acceptors (Lipinski definition) is 4. The lowest BCUT2D eigenvalue weighted by Gasteiger charge is -2.22. The van der Waals surface area contributed by atoms with Crippen molar-refractivity contribution in [3.05, 3.63) is 71.1 Å². The second-order valence-corrected chi connectivity index (χ2v) is 5.78. The van der Waals surface area contributed by atoms with E-state index in [-0.39, 0.29) is 19.1 Å². The van der Waals surface area contributed by atoms with E-state index >= 15 is 0 Å². The molecule has 2 aromatic heterocycles. The third-order valence-electron chi connectivity index (χ3n) is 3.65. The van der Waals surface area contributed by atoms with Crippen LogP contribution in [0.3, 0.4) is 0 Å². The number of amides is 1. The molecule has 1 aromatic carbocycles. The molecule has 0 aliphatic rings. The van der Waals surface area contributed by atoms with Gasteiger partial charge in [0.25, 0.3) is 5.91 Å². The topological polar surface area (TPSA) is 66.3 Å². The number of aromatic nitrogens is 2. The van der Waals surface area contributed by atoms with E-state index in [1.165, 1.54) is 0 Å². The molecule has 0 unspecified atom stereocenters. The van der Waals surface area contributed by atoms with E-state index in [0.29, 0.717) is 22.6 Å². The van der Waals surface area contributed by atoms with Gasteiger partial charge in [0.2, 0.25) is 0 Å². The predicted octanol–water partition coefficient (Wildman–Crippen LogP) is 2.92. The highest BCUT2D eigenvalue weighted by Gasteiger charge is 2.19. The van der Waals surface area contributed by atoms with Crippen LogP contribution in [-0.2, 0) is 6.54 Å². The van der Waals surface area contributed by atoms with E-state index in [2.05, 4.69) is 9.97 Å². The number of halogens is 1. The van der Waals surface area contributed by atoms with Gasteiger partial charge in [-0.15, -0.1) is 0 Å². The van der Waals surface area contributed by atoms with Crippen LogP contribution >= 0.6 is 11.6 Å². The van der Waals surface area contributed by atoms with Crippen molar-refractivity contribution < 1.29 is 9.90 Å². The summed E-state index contributed by atoms with van der Waals surface area (Å²) in [5.41, 5.74) is 1.91. The van der Waals surface area contributed by atoms with E-state index in [9.17, 15) is 9.90 Å². The normalized spacial score (nSPS) is 10.8. The Morgan fingerprint density at radius 2 is 2.04 bits per heavy atom. The van der Waals surface area contributed by atoms with E-state index in [1.807, 2.05) is 18.2 Å². The lowest BCUT2D eigenvalue weighted by atomic mass is 10.1. The van der Waals surface area contributed by atoms with Crippen molar-refractivity contribution in [3.63, 3.8) is 0 Å². The first kappa shape index (κ1) is 16.4. The Labute approximate surface area is 144 Å². The van der Waals surface area contributed by atoms with E-state index in [0.717, 1.165) is 10.9 Å². The molecule has 5 nitrogen and oxygen atoms in total. The van der Waals surface area contributed by atoms with Gasteiger partial charge in [0.05, 0.1) is 17.7 Å². The molecular weight excluding hydrogens is 326 g/mol. The zero-order valence-corrected chi connectivity index (χ0v) is 13.6. The first-order valence-corrected chi connectivity index (χ1v) is 7.90. The maximum atomic E-state index is 13.0. The lowest BCUT2D eigenvalue weighted by molar-refractivity contribution is 0.0709. The number of benzene rings is 1. The third-order valence-corrected chi connectivity index (χ3v) is 3.87. The Hall–Kier alpha value is -2.50. The minimum atomic E-state index is -0.223. The first-order valence-electron chi connectivity index (χ1n) is 7.52. The second-order valence-electron chi connectivity index (χ2n) is 5.34. The van der Waals surface area contributed by atoms with Crippen LogP contribution in [0.4, 0.5) is 0 Å². The van der Waals surface area contributed by atoms with Gasteiger partial charge in [0.1, 0.15) is 0 Å². The lowest BCUT2D eigenvalue weighted by Crippen LogP contribution is -2.33. The summed E-state index contributed by atoms with van der Waals surface area (Å²) in [4.78, 5) is 22.9. The SMILES string of the molecule is O=C(c1cc(Cl)cc2cccnc12)N(CCO)Cc1cccnc1. The number of hydrogen-bond donors (Lipinski definition) is 1. The molecule has 0 saturated heterocycles.